The molecule has 3 aromatic rings. The number of nitrogens with zero attached hydrogens (tertiary/aromatic N) is 6. The first-order valence-corrected chi connectivity index (χ1v) is 11.1. The monoisotopic (exact) mass is 418 g/mol. The quantitative estimate of drug-likeness (QED) is 0.446. The van der Waals surface area contributed by atoms with Gasteiger partial charge in [0.05, 0.1) is 17.0 Å². The van der Waals surface area contributed by atoms with Crippen LogP contribution in [-0.2, 0) is 5.75 Å². The summed E-state index contributed by atoms with van der Waals surface area (Å²) in [5.74, 6) is 2.59. The number of aromatic nitrogens is 4. The fourth-order valence-corrected chi connectivity index (χ4v) is 4.43. The van der Waals surface area contributed by atoms with E-state index in [4.69, 9.17) is 4.99 Å². The van der Waals surface area contributed by atoms with E-state index in [-0.39, 0.29) is 0 Å². The van der Waals surface area contributed by atoms with Crippen molar-refractivity contribution in [2.75, 3.05) is 18.5 Å². The maximum absolute atomic E-state index is 4.94. The Kier molecular flexibility index (Phi) is 6.08. The van der Waals surface area contributed by atoms with Crippen molar-refractivity contribution in [3.63, 3.8) is 0 Å². The molecule has 3 heterocycles. The molecule has 0 aliphatic carbocycles. The van der Waals surface area contributed by atoms with Gasteiger partial charge in [0.15, 0.2) is 5.16 Å². The van der Waals surface area contributed by atoms with Crippen LogP contribution in [0.1, 0.15) is 41.2 Å². The van der Waals surface area contributed by atoms with Crippen molar-refractivity contribution in [3.05, 3.63) is 64.9 Å². The molecular formula is C23H26N6S. The van der Waals surface area contributed by atoms with Crippen LogP contribution in [0, 0.1) is 20.8 Å². The van der Waals surface area contributed by atoms with Crippen molar-refractivity contribution in [3.8, 4) is 0 Å². The molecule has 0 atom stereocenters. The SMILES string of the molecule is Cc1cc(C)nc(SCc2ccc(N=C3CCCN(C)c4nc(C)ncc43)cc2)n1. The fraction of sp³-hybridized carbons (Fsp3) is 0.348. The Morgan fingerprint density at radius 2 is 1.77 bits per heavy atom. The summed E-state index contributed by atoms with van der Waals surface area (Å²) in [5, 5.41) is 0.825. The maximum atomic E-state index is 4.94. The van der Waals surface area contributed by atoms with Crippen LogP contribution in [0.3, 0.4) is 0 Å². The highest BCUT2D eigenvalue weighted by Crippen LogP contribution is 2.27. The number of benzene rings is 1. The van der Waals surface area contributed by atoms with Gasteiger partial charge in [0.1, 0.15) is 11.6 Å². The first-order chi connectivity index (χ1) is 14.5. The van der Waals surface area contributed by atoms with Gasteiger partial charge in [0.25, 0.3) is 0 Å². The molecule has 1 aliphatic heterocycles. The van der Waals surface area contributed by atoms with Crippen LogP contribution in [0.25, 0.3) is 0 Å². The standard InChI is InChI=1S/C23H26N6S/c1-15-12-16(2)26-23(25-15)30-14-18-7-9-19(10-8-18)28-21-6-5-11-29(4)22-20(21)13-24-17(3)27-22/h7-10,12-13H,5-6,11,14H2,1-4H3. The third-order valence-electron chi connectivity index (χ3n) is 5.00. The van der Waals surface area contributed by atoms with Crippen molar-refractivity contribution >= 4 is 29.0 Å². The average molecular weight is 419 g/mol. The summed E-state index contributed by atoms with van der Waals surface area (Å²) >= 11 is 1.66. The highest BCUT2D eigenvalue weighted by atomic mass is 32.2. The van der Waals surface area contributed by atoms with Gasteiger partial charge < -0.3 is 4.90 Å². The molecule has 7 heteroatoms. The lowest BCUT2D eigenvalue weighted by Crippen LogP contribution is -2.19. The van der Waals surface area contributed by atoms with Crippen LogP contribution in [0.15, 0.2) is 46.7 Å². The Hall–Kier alpha value is -2.80. The maximum Gasteiger partial charge on any atom is 0.188 e. The van der Waals surface area contributed by atoms with Crippen LogP contribution in [0.4, 0.5) is 11.5 Å². The lowest BCUT2D eigenvalue weighted by molar-refractivity contribution is 0.815. The van der Waals surface area contributed by atoms with Gasteiger partial charge in [-0.2, -0.15) is 0 Å². The second-order valence-electron chi connectivity index (χ2n) is 7.63. The minimum Gasteiger partial charge on any atom is -0.359 e. The van der Waals surface area contributed by atoms with Gasteiger partial charge in [-0.15, -0.1) is 0 Å². The minimum atomic E-state index is 0.788. The Labute approximate surface area is 181 Å². The third kappa shape index (κ3) is 4.84. The van der Waals surface area contributed by atoms with E-state index in [1.807, 2.05) is 33.0 Å². The molecular weight excluding hydrogens is 392 g/mol. The molecule has 154 valence electrons. The van der Waals surface area contributed by atoms with Gasteiger partial charge in [-0.05, 0) is 57.4 Å². The largest absolute Gasteiger partial charge is 0.359 e. The first kappa shape index (κ1) is 20.5. The summed E-state index contributed by atoms with van der Waals surface area (Å²) < 4.78 is 0. The molecule has 0 fully saturated rings. The third-order valence-corrected chi connectivity index (χ3v) is 5.92. The summed E-state index contributed by atoms with van der Waals surface area (Å²) in [6.07, 6.45) is 3.88. The number of thioether (sulfide) groups is 1. The highest BCUT2D eigenvalue weighted by Gasteiger charge is 2.19. The van der Waals surface area contributed by atoms with Crippen molar-refractivity contribution in [2.24, 2.45) is 4.99 Å². The molecule has 2 aromatic heterocycles. The Morgan fingerprint density at radius 1 is 1.03 bits per heavy atom. The second kappa shape index (κ2) is 8.92. The number of hydrogen-bond acceptors (Lipinski definition) is 7. The van der Waals surface area contributed by atoms with Crippen molar-refractivity contribution in [1.82, 2.24) is 19.9 Å². The van der Waals surface area contributed by atoms with Crippen molar-refractivity contribution < 1.29 is 0 Å². The molecule has 0 unspecified atom stereocenters. The average Bonchev–Trinajstić information content (AvgIpc) is 2.86. The van der Waals surface area contributed by atoms with E-state index in [1.165, 1.54) is 5.56 Å². The van der Waals surface area contributed by atoms with Crippen molar-refractivity contribution in [2.45, 2.75) is 44.5 Å². The number of anilines is 1. The van der Waals surface area contributed by atoms with Gasteiger partial charge in [-0.3, -0.25) is 4.99 Å². The van der Waals surface area contributed by atoms with Crippen LogP contribution in [0.2, 0.25) is 0 Å². The molecule has 0 bridgehead atoms. The molecule has 0 radical (unpaired) electrons. The van der Waals surface area contributed by atoms with Crippen LogP contribution < -0.4 is 4.90 Å². The Bertz CT molecular complexity index is 1060. The summed E-state index contributed by atoms with van der Waals surface area (Å²) in [7, 11) is 2.08. The topological polar surface area (TPSA) is 67.2 Å². The fourth-order valence-electron chi connectivity index (χ4n) is 3.52. The lowest BCUT2D eigenvalue weighted by atomic mass is 10.1. The molecule has 1 aromatic carbocycles. The molecule has 1 aliphatic rings. The zero-order valence-electron chi connectivity index (χ0n) is 17.9. The predicted octanol–water partition coefficient (Wildman–Crippen LogP) is 4.83. The summed E-state index contributed by atoms with van der Waals surface area (Å²) in [4.78, 5) is 25.2. The summed E-state index contributed by atoms with van der Waals surface area (Å²) in [5.41, 5.74) is 6.28. The number of fused-ring (bicyclic) bond motifs is 1. The molecule has 0 saturated carbocycles. The first-order valence-electron chi connectivity index (χ1n) is 10.1. The summed E-state index contributed by atoms with van der Waals surface area (Å²) in [6.45, 7) is 6.90. The number of hydrogen-bond donors (Lipinski definition) is 0. The normalized spacial score (nSPS) is 15.2. The second-order valence-corrected chi connectivity index (χ2v) is 8.57. The van der Waals surface area contributed by atoms with Gasteiger partial charge in [0.2, 0.25) is 0 Å². The molecule has 0 N–H and O–H groups in total. The molecule has 0 saturated heterocycles. The van der Waals surface area contributed by atoms with Crippen LogP contribution in [0.5, 0.6) is 0 Å². The Balaban J connectivity index is 1.51. The van der Waals surface area contributed by atoms with E-state index in [0.29, 0.717) is 0 Å². The number of rotatable bonds is 4. The zero-order valence-corrected chi connectivity index (χ0v) is 18.7. The van der Waals surface area contributed by atoms with Gasteiger partial charge in [0, 0.05) is 36.9 Å². The smallest absolute Gasteiger partial charge is 0.188 e. The van der Waals surface area contributed by atoms with E-state index < -0.39 is 0 Å². The predicted molar refractivity (Wildman–Crippen MR) is 123 cm³/mol. The van der Waals surface area contributed by atoms with Crippen LogP contribution >= 0.6 is 11.8 Å². The van der Waals surface area contributed by atoms with Gasteiger partial charge >= 0.3 is 0 Å². The minimum absolute atomic E-state index is 0.788. The molecule has 6 nitrogen and oxygen atoms in total. The van der Waals surface area contributed by atoms with Crippen molar-refractivity contribution in [1.29, 1.82) is 0 Å². The van der Waals surface area contributed by atoms with E-state index in [0.717, 1.165) is 70.3 Å². The number of aryl methyl sites for hydroxylation is 3. The van der Waals surface area contributed by atoms with E-state index >= 15 is 0 Å². The highest BCUT2D eigenvalue weighted by molar-refractivity contribution is 7.98. The van der Waals surface area contributed by atoms with E-state index in [9.17, 15) is 0 Å². The molecule has 0 amide bonds. The van der Waals surface area contributed by atoms with Gasteiger partial charge in [-0.1, -0.05) is 23.9 Å². The lowest BCUT2D eigenvalue weighted by Gasteiger charge is -2.17. The van der Waals surface area contributed by atoms with Crippen LogP contribution in [-0.4, -0.2) is 39.2 Å². The van der Waals surface area contributed by atoms with E-state index in [1.54, 1.807) is 11.8 Å². The van der Waals surface area contributed by atoms with Gasteiger partial charge in [-0.25, -0.2) is 19.9 Å². The molecule has 30 heavy (non-hydrogen) atoms. The Morgan fingerprint density at radius 3 is 2.50 bits per heavy atom. The summed E-state index contributed by atoms with van der Waals surface area (Å²) in [6, 6.07) is 10.4. The molecule has 4 rings (SSSR count). The number of aliphatic imine (C=N–C) groups is 1. The van der Waals surface area contributed by atoms with E-state index in [2.05, 4.69) is 56.1 Å². The molecule has 0 spiro atoms. The zero-order chi connectivity index (χ0) is 21.1.